The average molecular weight is 422 g/mol. The third-order valence-corrected chi connectivity index (χ3v) is 7.30. The van der Waals surface area contributed by atoms with Crippen molar-refractivity contribution in [1.82, 2.24) is 14.8 Å². The summed E-state index contributed by atoms with van der Waals surface area (Å²) in [5.74, 6) is -1.66. The van der Waals surface area contributed by atoms with Gasteiger partial charge in [-0.1, -0.05) is 24.4 Å². The molecule has 0 saturated heterocycles. The summed E-state index contributed by atoms with van der Waals surface area (Å²) in [6.45, 7) is 0.855. The van der Waals surface area contributed by atoms with Crippen molar-refractivity contribution in [3.63, 3.8) is 0 Å². The van der Waals surface area contributed by atoms with Crippen molar-refractivity contribution in [2.24, 2.45) is 11.8 Å². The molecule has 2 aliphatic carbocycles. The highest BCUT2D eigenvalue weighted by Gasteiger charge is 2.48. The minimum atomic E-state index is -2.53. The van der Waals surface area contributed by atoms with Gasteiger partial charge >= 0.3 is 0 Å². The molecule has 156 valence electrons. The van der Waals surface area contributed by atoms with Crippen LogP contribution in [0.1, 0.15) is 74.5 Å². The first-order valence-electron chi connectivity index (χ1n) is 10.7. The molecule has 2 saturated carbocycles. The van der Waals surface area contributed by atoms with Gasteiger partial charge in [0.25, 0.3) is 5.92 Å². The monoisotopic (exact) mass is 421 g/mol. The SMILES string of the molecule is FC(F)(C1CCCC1)C1CCC(c2nnc3n2-c2ccc(Cl)cc2COC3)CC1. The highest BCUT2D eigenvalue weighted by molar-refractivity contribution is 6.30. The zero-order valence-corrected chi connectivity index (χ0v) is 17.2. The van der Waals surface area contributed by atoms with Crippen LogP contribution in [0.4, 0.5) is 8.78 Å². The molecule has 0 bridgehead atoms. The molecule has 0 atom stereocenters. The number of fused-ring (bicyclic) bond motifs is 3. The van der Waals surface area contributed by atoms with Crippen LogP contribution in [0.15, 0.2) is 18.2 Å². The van der Waals surface area contributed by atoms with Crippen LogP contribution in [-0.2, 0) is 18.0 Å². The number of benzene rings is 1. The molecule has 2 heterocycles. The summed E-state index contributed by atoms with van der Waals surface area (Å²) in [5.41, 5.74) is 1.99. The maximum absolute atomic E-state index is 15.0. The summed E-state index contributed by atoms with van der Waals surface area (Å²) in [6.07, 6.45) is 5.85. The summed E-state index contributed by atoms with van der Waals surface area (Å²) in [5, 5.41) is 9.48. The highest BCUT2D eigenvalue weighted by Crippen LogP contribution is 2.49. The Morgan fingerprint density at radius 2 is 1.69 bits per heavy atom. The van der Waals surface area contributed by atoms with E-state index in [0.29, 0.717) is 43.9 Å². The Morgan fingerprint density at radius 1 is 0.966 bits per heavy atom. The van der Waals surface area contributed by atoms with E-state index in [2.05, 4.69) is 14.8 Å². The van der Waals surface area contributed by atoms with Crippen molar-refractivity contribution in [2.75, 3.05) is 0 Å². The number of hydrogen-bond acceptors (Lipinski definition) is 3. The summed E-state index contributed by atoms with van der Waals surface area (Å²) in [4.78, 5) is 0. The first-order chi connectivity index (χ1) is 14.0. The lowest BCUT2D eigenvalue weighted by Gasteiger charge is -2.36. The van der Waals surface area contributed by atoms with Gasteiger partial charge in [-0.25, -0.2) is 8.78 Å². The largest absolute Gasteiger partial charge is 0.369 e. The molecule has 0 radical (unpaired) electrons. The predicted octanol–water partition coefficient (Wildman–Crippen LogP) is 6.05. The molecule has 0 spiro atoms. The third kappa shape index (κ3) is 3.48. The Labute approximate surface area is 174 Å². The molecule has 1 aromatic carbocycles. The Bertz CT molecular complexity index is 886. The van der Waals surface area contributed by atoms with E-state index in [1.54, 1.807) is 0 Å². The fourth-order valence-electron chi connectivity index (χ4n) is 5.47. The van der Waals surface area contributed by atoms with E-state index >= 15 is 0 Å². The van der Waals surface area contributed by atoms with Crippen LogP contribution in [0.3, 0.4) is 0 Å². The van der Waals surface area contributed by atoms with Crippen molar-refractivity contribution < 1.29 is 13.5 Å². The lowest BCUT2D eigenvalue weighted by atomic mass is 9.75. The molecule has 7 heteroatoms. The van der Waals surface area contributed by atoms with E-state index in [1.807, 2.05) is 18.2 Å². The zero-order valence-electron chi connectivity index (χ0n) is 16.4. The Morgan fingerprint density at radius 3 is 2.45 bits per heavy atom. The molecule has 3 aliphatic rings. The number of nitrogens with zero attached hydrogens (tertiary/aromatic N) is 3. The summed E-state index contributed by atoms with van der Waals surface area (Å²) < 4.78 is 37.8. The van der Waals surface area contributed by atoms with Crippen LogP contribution in [-0.4, -0.2) is 20.7 Å². The fourth-order valence-corrected chi connectivity index (χ4v) is 5.67. The van der Waals surface area contributed by atoms with E-state index in [4.69, 9.17) is 16.3 Å². The Hall–Kier alpha value is -1.53. The van der Waals surface area contributed by atoms with Gasteiger partial charge in [0.2, 0.25) is 0 Å². The maximum atomic E-state index is 15.0. The lowest BCUT2D eigenvalue weighted by Crippen LogP contribution is -2.37. The maximum Gasteiger partial charge on any atom is 0.253 e. The fraction of sp³-hybridized carbons (Fsp3) is 0.636. The highest BCUT2D eigenvalue weighted by atomic mass is 35.5. The Balaban J connectivity index is 1.38. The van der Waals surface area contributed by atoms with Crippen molar-refractivity contribution in [3.8, 4) is 5.69 Å². The van der Waals surface area contributed by atoms with Gasteiger partial charge in [0, 0.05) is 28.3 Å². The van der Waals surface area contributed by atoms with Crippen molar-refractivity contribution in [2.45, 2.75) is 76.4 Å². The normalized spacial score (nSPS) is 25.5. The predicted molar refractivity (Wildman–Crippen MR) is 106 cm³/mol. The minimum Gasteiger partial charge on any atom is -0.369 e. The molecular formula is C22H26ClF2N3O. The molecule has 0 N–H and O–H groups in total. The summed E-state index contributed by atoms with van der Waals surface area (Å²) >= 11 is 6.16. The van der Waals surface area contributed by atoms with Gasteiger partial charge in [0.15, 0.2) is 5.82 Å². The van der Waals surface area contributed by atoms with E-state index < -0.39 is 17.8 Å². The summed E-state index contributed by atoms with van der Waals surface area (Å²) in [7, 11) is 0. The smallest absolute Gasteiger partial charge is 0.253 e. The van der Waals surface area contributed by atoms with E-state index in [-0.39, 0.29) is 5.92 Å². The summed E-state index contributed by atoms with van der Waals surface area (Å²) in [6, 6.07) is 5.75. The molecule has 1 aliphatic heterocycles. The standard InChI is InChI=1S/C22H26ClF2N3O/c23-18-9-10-19-15(11-18)12-29-13-20-26-27-21(28(19)20)14-5-7-17(8-6-14)22(24,25)16-3-1-2-4-16/h9-11,14,16-17H,1-8,12-13H2. The zero-order chi connectivity index (χ0) is 20.0. The second kappa shape index (κ2) is 7.62. The topological polar surface area (TPSA) is 39.9 Å². The van der Waals surface area contributed by atoms with Crippen LogP contribution in [0.2, 0.25) is 5.02 Å². The van der Waals surface area contributed by atoms with Crippen LogP contribution in [0.25, 0.3) is 5.69 Å². The molecule has 2 fully saturated rings. The first kappa shape index (κ1) is 19.4. The number of ether oxygens (including phenoxy) is 1. The van der Waals surface area contributed by atoms with Gasteiger partial charge in [-0.2, -0.15) is 0 Å². The molecular weight excluding hydrogens is 396 g/mol. The van der Waals surface area contributed by atoms with Crippen molar-refractivity contribution in [3.05, 3.63) is 40.4 Å². The lowest BCUT2D eigenvalue weighted by molar-refractivity contribution is -0.118. The second-order valence-electron chi connectivity index (χ2n) is 8.78. The Kier molecular flexibility index (Phi) is 5.11. The second-order valence-corrected chi connectivity index (χ2v) is 9.22. The number of alkyl halides is 2. The molecule has 29 heavy (non-hydrogen) atoms. The van der Waals surface area contributed by atoms with E-state index in [1.165, 1.54) is 0 Å². The van der Waals surface area contributed by atoms with Crippen LogP contribution >= 0.6 is 11.6 Å². The molecule has 1 aromatic heterocycles. The minimum absolute atomic E-state index is 0.147. The van der Waals surface area contributed by atoms with Gasteiger partial charge in [-0.15, -0.1) is 10.2 Å². The van der Waals surface area contributed by atoms with Crippen LogP contribution in [0.5, 0.6) is 0 Å². The van der Waals surface area contributed by atoms with Crippen LogP contribution < -0.4 is 0 Å². The van der Waals surface area contributed by atoms with Gasteiger partial charge in [0.1, 0.15) is 12.4 Å². The first-order valence-corrected chi connectivity index (χ1v) is 11.1. The van der Waals surface area contributed by atoms with Gasteiger partial charge in [-0.3, -0.25) is 4.57 Å². The molecule has 2 aromatic rings. The van der Waals surface area contributed by atoms with E-state index in [0.717, 1.165) is 48.6 Å². The molecule has 4 nitrogen and oxygen atoms in total. The number of aromatic nitrogens is 3. The van der Waals surface area contributed by atoms with Gasteiger partial charge < -0.3 is 4.74 Å². The van der Waals surface area contributed by atoms with Gasteiger partial charge in [0.05, 0.1) is 12.3 Å². The molecule has 0 unspecified atom stereocenters. The van der Waals surface area contributed by atoms with Crippen molar-refractivity contribution >= 4 is 11.6 Å². The number of halogens is 3. The number of hydrogen-bond donors (Lipinski definition) is 0. The van der Waals surface area contributed by atoms with Crippen LogP contribution in [0, 0.1) is 11.8 Å². The third-order valence-electron chi connectivity index (χ3n) is 7.06. The quantitative estimate of drug-likeness (QED) is 0.605. The van der Waals surface area contributed by atoms with Gasteiger partial charge in [-0.05, 0) is 56.7 Å². The molecule has 0 amide bonds. The number of rotatable bonds is 3. The average Bonchev–Trinajstić information content (AvgIpc) is 3.36. The molecule has 5 rings (SSSR count). The van der Waals surface area contributed by atoms with Crippen molar-refractivity contribution in [1.29, 1.82) is 0 Å². The van der Waals surface area contributed by atoms with E-state index in [9.17, 15) is 8.78 Å².